The van der Waals surface area contributed by atoms with Crippen molar-refractivity contribution in [1.82, 2.24) is 9.13 Å². The Balaban J connectivity index is 0.692. The summed E-state index contributed by atoms with van der Waals surface area (Å²) >= 11 is 0. The van der Waals surface area contributed by atoms with Gasteiger partial charge < -0.3 is 27.8 Å². The van der Waals surface area contributed by atoms with E-state index in [1.54, 1.807) is 0 Å². The summed E-state index contributed by atoms with van der Waals surface area (Å²) in [5.41, 5.74) is 25.5. The molecular formula is C102H64N4O2. The van der Waals surface area contributed by atoms with Gasteiger partial charge in [-0.15, -0.1) is 0 Å². The first-order valence-electron chi connectivity index (χ1n) is 37.0. The normalized spacial score (nSPS) is 11.9. The van der Waals surface area contributed by atoms with Crippen molar-refractivity contribution in [3.05, 3.63) is 388 Å². The van der Waals surface area contributed by atoms with Gasteiger partial charge in [-0.2, -0.15) is 0 Å². The Morgan fingerprint density at radius 3 is 1.16 bits per heavy atom. The van der Waals surface area contributed by atoms with E-state index in [-0.39, 0.29) is 0 Å². The lowest BCUT2D eigenvalue weighted by Crippen LogP contribution is -2.12. The van der Waals surface area contributed by atoms with Gasteiger partial charge in [-0.1, -0.05) is 255 Å². The molecule has 0 saturated heterocycles. The largest absolute Gasteiger partial charge is 0.456 e. The first-order valence-corrected chi connectivity index (χ1v) is 37.0. The maximum absolute atomic E-state index is 6.57. The minimum absolute atomic E-state index is 0.861. The summed E-state index contributed by atoms with van der Waals surface area (Å²) < 4.78 is 17.9. The summed E-state index contributed by atoms with van der Waals surface area (Å²) in [5, 5.41) is 16.4. The Hall–Kier alpha value is -14.5. The van der Waals surface area contributed by atoms with Gasteiger partial charge in [0, 0.05) is 88.2 Å². The second kappa shape index (κ2) is 24.6. The second-order valence-electron chi connectivity index (χ2n) is 28.1. The molecule has 6 nitrogen and oxygen atoms in total. The third-order valence-electron chi connectivity index (χ3n) is 22.3. The van der Waals surface area contributed by atoms with Gasteiger partial charge in [0.2, 0.25) is 0 Å². The number of anilines is 6. The maximum atomic E-state index is 6.57. The Morgan fingerprint density at radius 2 is 0.556 bits per heavy atom. The van der Waals surface area contributed by atoms with Gasteiger partial charge in [-0.25, -0.2) is 0 Å². The molecule has 4 aromatic heterocycles. The number of hydrogen-bond donors (Lipinski definition) is 0. The summed E-state index contributed by atoms with van der Waals surface area (Å²) in [6, 6.07) is 142. The molecule has 0 bridgehead atoms. The fourth-order valence-electron chi connectivity index (χ4n) is 17.6. The number of aromatic nitrogens is 2. The molecular weight excluding hydrogens is 1310 g/mol. The van der Waals surface area contributed by atoms with Crippen LogP contribution < -0.4 is 9.80 Å². The molecule has 0 amide bonds. The highest BCUT2D eigenvalue weighted by atomic mass is 16.3. The van der Waals surface area contributed by atoms with E-state index in [4.69, 9.17) is 8.83 Å². The van der Waals surface area contributed by atoms with Gasteiger partial charge in [-0.3, -0.25) is 0 Å². The third kappa shape index (κ3) is 9.53. The van der Waals surface area contributed by atoms with Crippen molar-refractivity contribution in [1.29, 1.82) is 0 Å². The van der Waals surface area contributed by atoms with Gasteiger partial charge >= 0.3 is 0 Å². The first kappa shape index (κ1) is 61.1. The van der Waals surface area contributed by atoms with Crippen molar-refractivity contribution in [2.75, 3.05) is 9.80 Å². The average molecular weight is 1380 g/mol. The zero-order valence-electron chi connectivity index (χ0n) is 58.6. The molecule has 0 atom stereocenters. The van der Waals surface area contributed by atoms with E-state index in [9.17, 15) is 0 Å². The number of rotatable bonds is 12. The zero-order chi connectivity index (χ0) is 70.9. The molecule has 0 spiro atoms. The van der Waals surface area contributed by atoms with E-state index in [1.807, 2.05) is 12.1 Å². The van der Waals surface area contributed by atoms with Gasteiger partial charge in [0.05, 0.1) is 39.1 Å². The van der Waals surface area contributed by atoms with Crippen LogP contribution in [0.1, 0.15) is 0 Å². The Bertz CT molecular complexity index is 7330. The molecule has 0 radical (unpaired) electrons. The highest BCUT2D eigenvalue weighted by molar-refractivity contribution is 6.27. The molecule has 18 aromatic carbocycles. The Kier molecular flexibility index (Phi) is 13.9. The summed E-state index contributed by atoms with van der Waals surface area (Å²) in [5.74, 6) is 0. The molecule has 6 heteroatoms. The molecule has 108 heavy (non-hydrogen) atoms. The molecule has 0 aliphatic rings. The quantitative estimate of drug-likeness (QED) is 0.114. The fourth-order valence-corrected chi connectivity index (χ4v) is 17.6. The van der Waals surface area contributed by atoms with Crippen LogP contribution in [0.2, 0.25) is 0 Å². The predicted molar refractivity (Wildman–Crippen MR) is 453 cm³/mol. The van der Waals surface area contributed by atoms with Crippen LogP contribution in [0.3, 0.4) is 0 Å². The van der Waals surface area contributed by atoms with Gasteiger partial charge in [-0.05, 0) is 194 Å². The van der Waals surface area contributed by atoms with Crippen molar-refractivity contribution < 1.29 is 8.83 Å². The Morgan fingerprint density at radius 1 is 0.185 bits per heavy atom. The minimum atomic E-state index is 0.861. The van der Waals surface area contributed by atoms with Gasteiger partial charge in [0.25, 0.3) is 0 Å². The topological polar surface area (TPSA) is 42.6 Å². The SMILES string of the molecule is c1ccc(-c2ccccc2N(c2ccc(-n3c4ccccc4c4c(-c5ccc6c(c5)c5ccccc5c5ccc(N(c7ccc(-n8c9ccccc9c9ccccc98)cc7)c7ccccc7-c7cccc8oc9ccccc9c78)cc56)cccc43)cc2)c2ccccc2-c2cccc3oc4ccccc4c23)cc1. The number of hydrogen-bond acceptors (Lipinski definition) is 4. The fraction of sp³-hybridized carbons (Fsp3) is 0. The van der Waals surface area contributed by atoms with Crippen LogP contribution in [-0.2, 0) is 0 Å². The predicted octanol–water partition coefficient (Wildman–Crippen LogP) is 28.7. The van der Waals surface area contributed by atoms with Crippen molar-refractivity contribution in [2.45, 2.75) is 0 Å². The minimum Gasteiger partial charge on any atom is -0.456 e. The van der Waals surface area contributed by atoms with Gasteiger partial charge in [0.1, 0.15) is 22.3 Å². The van der Waals surface area contributed by atoms with Crippen molar-refractivity contribution >= 4 is 154 Å². The van der Waals surface area contributed by atoms with E-state index in [1.165, 1.54) is 70.5 Å². The molecule has 0 fully saturated rings. The summed E-state index contributed by atoms with van der Waals surface area (Å²) in [4.78, 5) is 4.89. The van der Waals surface area contributed by atoms with Gasteiger partial charge in [0.15, 0.2) is 0 Å². The molecule has 0 unspecified atom stereocenters. The summed E-state index contributed by atoms with van der Waals surface area (Å²) in [6.07, 6.45) is 0. The third-order valence-corrected chi connectivity index (χ3v) is 22.3. The highest BCUT2D eigenvalue weighted by Crippen LogP contribution is 2.51. The van der Waals surface area contributed by atoms with Crippen molar-refractivity contribution in [3.63, 3.8) is 0 Å². The molecule has 22 aromatic rings. The lowest BCUT2D eigenvalue weighted by molar-refractivity contribution is 0.668. The highest BCUT2D eigenvalue weighted by Gasteiger charge is 2.27. The molecule has 0 aliphatic heterocycles. The number of furan rings is 2. The Labute approximate surface area is 621 Å². The molecule has 504 valence electrons. The summed E-state index contributed by atoms with van der Waals surface area (Å²) in [7, 11) is 0. The average Bonchev–Trinajstić information content (AvgIpc) is 1.69. The smallest absolute Gasteiger partial charge is 0.136 e. The second-order valence-corrected chi connectivity index (χ2v) is 28.1. The molecule has 0 saturated carbocycles. The van der Waals surface area contributed by atoms with Crippen LogP contribution in [0, 0.1) is 0 Å². The number of para-hydroxylation sites is 8. The molecule has 0 N–H and O–H groups in total. The van der Waals surface area contributed by atoms with Crippen LogP contribution in [0.5, 0.6) is 0 Å². The monoisotopic (exact) mass is 1380 g/mol. The number of nitrogens with zero attached hydrogens (tertiary/aromatic N) is 4. The van der Waals surface area contributed by atoms with Crippen LogP contribution >= 0.6 is 0 Å². The lowest BCUT2D eigenvalue weighted by atomic mass is 9.90. The lowest BCUT2D eigenvalue weighted by Gasteiger charge is -2.30. The van der Waals surface area contributed by atoms with E-state index in [0.717, 1.165) is 139 Å². The van der Waals surface area contributed by atoms with E-state index in [0.29, 0.717) is 0 Å². The summed E-state index contributed by atoms with van der Waals surface area (Å²) in [6.45, 7) is 0. The number of benzene rings is 18. The van der Waals surface area contributed by atoms with E-state index in [2.05, 4.69) is 395 Å². The molecule has 22 rings (SSSR count). The van der Waals surface area contributed by atoms with E-state index >= 15 is 0 Å². The molecule has 0 aliphatic carbocycles. The van der Waals surface area contributed by atoms with Crippen LogP contribution in [0.25, 0.3) is 176 Å². The van der Waals surface area contributed by atoms with E-state index < -0.39 is 0 Å². The van der Waals surface area contributed by atoms with Crippen LogP contribution in [-0.4, -0.2) is 9.13 Å². The first-order chi connectivity index (χ1) is 53.6. The number of fused-ring (bicyclic) bond motifs is 18. The van der Waals surface area contributed by atoms with Crippen molar-refractivity contribution in [3.8, 4) is 55.9 Å². The van der Waals surface area contributed by atoms with Crippen molar-refractivity contribution in [2.24, 2.45) is 0 Å². The maximum Gasteiger partial charge on any atom is 0.136 e. The molecule has 4 heterocycles. The standard InChI is InChI=1S/C102H64N4O2/c1-2-25-65(26-3-1)72-27-6-14-40-89(72)104(93-44-18-10-33-81(93)83-39-24-50-99-102(83)86-36-13-21-48-97(86)108-99)68-56-58-70(59-57-68)106-94-45-19-11-34-84(94)100-73(37-22-46-95(100)106)66-51-61-77-87(63-66)75-29-5-4-28-74(75)76-62-60-71(64-88(76)77)103(67-52-54-69(55-53-67)105-91-42-16-7-30-78(91)79-31-8-17-43-92(79)105)90-41-15-9-32-80(90)82-38-23-49-98-101(82)85-35-12-20-47-96(85)107-98/h1-64H. The van der Waals surface area contributed by atoms with Crippen LogP contribution in [0.15, 0.2) is 397 Å². The van der Waals surface area contributed by atoms with Crippen LogP contribution in [0.4, 0.5) is 34.1 Å². The zero-order valence-corrected chi connectivity index (χ0v) is 58.6.